The van der Waals surface area contributed by atoms with E-state index < -0.39 is 0 Å². The van der Waals surface area contributed by atoms with Crippen molar-refractivity contribution in [3.8, 4) is 5.75 Å². The third kappa shape index (κ3) is 7.20. The second-order valence-corrected chi connectivity index (χ2v) is 5.47. The average Bonchev–Trinajstić information content (AvgIpc) is 2.42. The first-order valence-corrected chi connectivity index (χ1v) is 7.39. The fourth-order valence-corrected chi connectivity index (χ4v) is 1.87. The Morgan fingerprint density at radius 1 is 1.43 bits per heavy atom. The monoisotopic (exact) mass is 313 g/mol. The largest absolute Gasteiger partial charge is 0.495 e. The van der Waals surface area contributed by atoms with Crippen LogP contribution in [0.1, 0.15) is 20.3 Å². The smallest absolute Gasteiger partial charge is 0.193 e. The Hall–Kier alpha value is -1.46. The molecule has 6 heteroatoms. The number of halogens is 1. The SMILES string of the molecule is COc1ccc(NC(N)=NCCCOCC(C)C)cc1Cl. The molecule has 3 N–H and O–H groups in total. The predicted octanol–water partition coefficient (Wildman–Crippen LogP) is 3.14. The molecule has 0 atom stereocenters. The van der Waals surface area contributed by atoms with Crippen LogP contribution in [0, 0.1) is 5.92 Å². The molecule has 0 amide bonds. The van der Waals surface area contributed by atoms with Crippen molar-refractivity contribution in [3.63, 3.8) is 0 Å². The molecule has 0 radical (unpaired) electrons. The minimum atomic E-state index is 0.361. The molecule has 0 fully saturated rings. The molecule has 0 spiro atoms. The van der Waals surface area contributed by atoms with Gasteiger partial charge in [-0.25, -0.2) is 0 Å². The molecule has 0 aliphatic rings. The zero-order valence-corrected chi connectivity index (χ0v) is 13.6. The first kappa shape index (κ1) is 17.6. The first-order chi connectivity index (χ1) is 10.0. The summed E-state index contributed by atoms with van der Waals surface area (Å²) in [6, 6.07) is 5.35. The number of hydrogen-bond donors (Lipinski definition) is 2. The average molecular weight is 314 g/mol. The Morgan fingerprint density at radius 3 is 2.81 bits per heavy atom. The molecule has 0 saturated carbocycles. The van der Waals surface area contributed by atoms with Gasteiger partial charge in [-0.05, 0) is 30.5 Å². The molecule has 1 rings (SSSR count). The maximum atomic E-state index is 6.04. The lowest BCUT2D eigenvalue weighted by Gasteiger charge is -2.08. The summed E-state index contributed by atoms with van der Waals surface area (Å²) in [5, 5.41) is 3.52. The number of benzene rings is 1. The van der Waals surface area contributed by atoms with E-state index in [0.717, 1.165) is 18.7 Å². The van der Waals surface area contributed by atoms with Gasteiger partial charge >= 0.3 is 0 Å². The van der Waals surface area contributed by atoms with E-state index in [1.54, 1.807) is 19.2 Å². The number of nitrogens with two attached hydrogens (primary N) is 1. The summed E-state index contributed by atoms with van der Waals surface area (Å²) in [5.74, 6) is 1.54. The highest BCUT2D eigenvalue weighted by atomic mass is 35.5. The van der Waals surface area contributed by atoms with Crippen LogP contribution in [0.5, 0.6) is 5.75 Å². The Kier molecular flexibility index (Phi) is 7.93. The van der Waals surface area contributed by atoms with Crippen LogP contribution in [-0.4, -0.2) is 32.8 Å². The molecule has 0 aliphatic heterocycles. The van der Waals surface area contributed by atoms with Crippen LogP contribution >= 0.6 is 11.6 Å². The topological polar surface area (TPSA) is 68.9 Å². The minimum Gasteiger partial charge on any atom is -0.495 e. The predicted molar refractivity (Wildman–Crippen MR) is 88.4 cm³/mol. The van der Waals surface area contributed by atoms with Gasteiger partial charge in [0.25, 0.3) is 0 Å². The van der Waals surface area contributed by atoms with Crippen LogP contribution in [0.25, 0.3) is 0 Å². The van der Waals surface area contributed by atoms with Gasteiger partial charge in [0.05, 0.1) is 12.1 Å². The number of methoxy groups -OCH3 is 1. The minimum absolute atomic E-state index is 0.361. The summed E-state index contributed by atoms with van der Waals surface area (Å²) in [4.78, 5) is 4.24. The summed E-state index contributed by atoms with van der Waals surface area (Å²) >= 11 is 6.04. The molecule has 5 nitrogen and oxygen atoms in total. The van der Waals surface area contributed by atoms with Crippen LogP contribution in [-0.2, 0) is 4.74 Å². The Morgan fingerprint density at radius 2 is 2.19 bits per heavy atom. The van der Waals surface area contributed by atoms with Crippen molar-refractivity contribution in [1.82, 2.24) is 0 Å². The van der Waals surface area contributed by atoms with E-state index in [1.165, 1.54) is 0 Å². The molecule has 0 heterocycles. The van der Waals surface area contributed by atoms with Crippen LogP contribution in [0.15, 0.2) is 23.2 Å². The number of anilines is 1. The lowest BCUT2D eigenvalue weighted by Crippen LogP contribution is -2.23. The van der Waals surface area contributed by atoms with Gasteiger partial charge < -0.3 is 20.5 Å². The van der Waals surface area contributed by atoms with Crippen molar-refractivity contribution >= 4 is 23.2 Å². The van der Waals surface area contributed by atoms with Crippen molar-refractivity contribution in [2.24, 2.45) is 16.6 Å². The molecule has 0 saturated heterocycles. The van der Waals surface area contributed by atoms with Gasteiger partial charge in [0.1, 0.15) is 5.75 Å². The molecule has 21 heavy (non-hydrogen) atoms. The highest BCUT2D eigenvalue weighted by Gasteiger charge is 2.02. The highest BCUT2D eigenvalue weighted by Crippen LogP contribution is 2.26. The van der Waals surface area contributed by atoms with Gasteiger partial charge in [-0.3, -0.25) is 4.99 Å². The molecule has 0 unspecified atom stereocenters. The molecular formula is C15H24ClN3O2. The molecule has 0 bridgehead atoms. The van der Waals surface area contributed by atoms with Gasteiger partial charge in [-0.2, -0.15) is 0 Å². The molecule has 0 aliphatic carbocycles. The number of hydrogen-bond acceptors (Lipinski definition) is 3. The van der Waals surface area contributed by atoms with Crippen molar-refractivity contribution in [2.45, 2.75) is 20.3 Å². The fraction of sp³-hybridized carbons (Fsp3) is 0.533. The van der Waals surface area contributed by atoms with E-state index in [2.05, 4.69) is 24.2 Å². The summed E-state index contributed by atoms with van der Waals surface area (Å²) in [5.41, 5.74) is 6.59. The number of rotatable bonds is 8. The number of guanidine groups is 1. The van der Waals surface area contributed by atoms with Gasteiger partial charge in [0, 0.05) is 25.4 Å². The lowest BCUT2D eigenvalue weighted by atomic mass is 10.2. The third-order valence-corrected chi connectivity index (χ3v) is 2.90. The van der Waals surface area contributed by atoms with Crippen molar-refractivity contribution in [2.75, 3.05) is 32.2 Å². The number of nitrogens with zero attached hydrogens (tertiary/aromatic N) is 1. The Bertz CT molecular complexity index is 464. The number of ether oxygens (including phenoxy) is 2. The van der Waals surface area contributed by atoms with Crippen molar-refractivity contribution in [3.05, 3.63) is 23.2 Å². The van der Waals surface area contributed by atoms with Gasteiger partial charge in [-0.15, -0.1) is 0 Å². The van der Waals surface area contributed by atoms with E-state index in [0.29, 0.717) is 35.8 Å². The molecule has 118 valence electrons. The second kappa shape index (κ2) is 9.47. The van der Waals surface area contributed by atoms with E-state index in [4.69, 9.17) is 26.8 Å². The third-order valence-electron chi connectivity index (χ3n) is 2.60. The lowest BCUT2D eigenvalue weighted by molar-refractivity contribution is 0.109. The highest BCUT2D eigenvalue weighted by molar-refractivity contribution is 6.32. The van der Waals surface area contributed by atoms with Crippen LogP contribution in [0.2, 0.25) is 5.02 Å². The quantitative estimate of drug-likeness (QED) is 0.439. The molecular weight excluding hydrogens is 290 g/mol. The summed E-state index contributed by atoms with van der Waals surface area (Å²) in [7, 11) is 1.57. The van der Waals surface area contributed by atoms with Crippen LogP contribution in [0.3, 0.4) is 0 Å². The zero-order chi connectivity index (χ0) is 15.7. The van der Waals surface area contributed by atoms with E-state index in [1.807, 2.05) is 6.07 Å². The summed E-state index contributed by atoms with van der Waals surface area (Å²) in [6.45, 7) is 6.35. The summed E-state index contributed by atoms with van der Waals surface area (Å²) < 4.78 is 10.6. The van der Waals surface area contributed by atoms with E-state index >= 15 is 0 Å². The van der Waals surface area contributed by atoms with Crippen LogP contribution < -0.4 is 15.8 Å². The van der Waals surface area contributed by atoms with Gasteiger partial charge in [0.2, 0.25) is 0 Å². The van der Waals surface area contributed by atoms with E-state index in [9.17, 15) is 0 Å². The van der Waals surface area contributed by atoms with Crippen molar-refractivity contribution in [1.29, 1.82) is 0 Å². The standard InChI is InChI=1S/C15H24ClN3O2/c1-11(2)10-21-8-4-7-18-15(17)19-12-5-6-14(20-3)13(16)9-12/h5-6,9,11H,4,7-8,10H2,1-3H3,(H3,17,18,19). The van der Waals surface area contributed by atoms with Crippen LogP contribution in [0.4, 0.5) is 5.69 Å². The number of nitrogens with one attached hydrogen (secondary N) is 1. The van der Waals surface area contributed by atoms with E-state index in [-0.39, 0.29) is 0 Å². The normalized spacial score (nSPS) is 11.8. The maximum absolute atomic E-state index is 6.04. The molecule has 1 aromatic carbocycles. The maximum Gasteiger partial charge on any atom is 0.193 e. The second-order valence-electron chi connectivity index (χ2n) is 5.06. The van der Waals surface area contributed by atoms with Gasteiger partial charge in [0.15, 0.2) is 5.96 Å². The van der Waals surface area contributed by atoms with Gasteiger partial charge in [-0.1, -0.05) is 25.4 Å². The molecule has 1 aromatic rings. The Labute approximate surface area is 131 Å². The zero-order valence-electron chi connectivity index (χ0n) is 12.9. The molecule has 0 aromatic heterocycles. The fourth-order valence-electron chi connectivity index (χ4n) is 1.62. The first-order valence-electron chi connectivity index (χ1n) is 7.01. The summed E-state index contributed by atoms with van der Waals surface area (Å²) in [6.07, 6.45) is 0.846. The van der Waals surface area contributed by atoms with Crippen molar-refractivity contribution < 1.29 is 9.47 Å². The number of aliphatic imine (C=N–C) groups is 1. The Balaban J connectivity index is 2.33.